The predicted molar refractivity (Wildman–Crippen MR) is 221 cm³/mol. The number of allylic oxidation sites excluding steroid dienone is 1. The average Bonchev–Trinajstić information content (AvgIpc) is 3.56. The van der Waals surface area contributed by atoms with Crippen molar-refractivity contribution in [1.82, 2.24) is 0 Å². The molecular formula is C49H34O6. The van der Waals surface area contributed by atoms with Crippen LogP contribution in [0.2, 0.25) is 0 Å². The lowest BCUT2D eigenvalue weighted by Gasteiger charge is -2.28. The van der Waals surface area contributed by atoms with E-state index in [1.807, 2.05) is 42.5 Å². The van der Waals surface area contributed by atoms with Crippen LogP contribution in [-0.4, -0.2) is 25.5 Å². The highest BCUT2D eigenvalue weighted by Gasteiger charge is 2.32. The first-order chi connectivity index (χ1) is 26.8. The molecule has 0 fully saturated rings. The van der Waals surface area contributed by atoms with Crippen LogP contribution in [0, 0.1) is 5.92 Å². The molecule has 0 aliphatic heterocycles. The zero-order valence-electron chi connectivity index (χ0n) is 29.7. The summed E-state index contributed by atoms with van der Waals surface area (Å²) < 4.78 is 6.53. The molecule has 0 amide bonds. The normalized spacial score (nSPS) is 13.9. The lowest BCUT2D eigenvalue weighted by Crippen LogP contribution is -2.09. The van der Waals surface area contributed by atoms with Crippen molar-refractivity contribution in [2.24, 2.45) is 5.92 Å². The van der Waals surface area contributed by atoms with Crippen LogP contribution >= 0.6 is 0 Å². The average molecular weight is 719 g/mol. The summed E-state index contributed by atoms with van der Waals surface area (Å²) in [6, 6.07) is 39.4. The van der Waals surface area contributed by atoms with Crippen molar-refractivity contribution in [1.29, 1.82) is 0 Å². The quantitative estimate of drug-likeness (QED) is 0.0914. The summed E-state index contributed by atoms with van der Waals surface area (Å²) in [7, 11) is 0. The fourth-order valence-corrected chi connectivity index (χ4v) is 8.62. The van der Waals surface area contributed by atoms with E-state index >= 15 is 0 Å². The van der Waals surface area contributed by atoms with Gasteiger partial charge in [-0.3, -0.25) is 0 Å². The SMILES string of the molecule is CC1C=Cc2c(c(-c3c(O)c(-c4ccc(O)cc4)c(O)c(O)c3-c3ccc(O)cc3)c3ccccc3c2-c2cccc3oc4cc5ccccc5cc4c23)C1. The summed E-state index contributed by atoms with van der Waals surface area (Å²) in [6.07, 6.45) is 5.02. The number of furan rings is 1. The minimum atomic E-state index is -0.496. The number of hydrogen-bond acceptors (Lipinski definition) is 6. The van der Waals surface area contributed by atoms with Crippen molar-refractivity contribution in [3.8, 4) is 73.3 Å². The minimum absolute atomic E-state index is 0.0259. The van der Waals surface area contributed by atoms with E-state index in [9.17, 15) is 25.5 Å². The molecule has 266 valence electrons. The van der Waals surface area contributed by atoms with Crippen LogP contribution in [0.1, 0.15) is 18.1 Å². The summed E-state index contributed by atoms with van der Waals surface area (Å²) in [5.74, 6) is -0.911. The van der Waals surface area contributed by atoms with Crippen LogP contribution in [0.5, 0.6) is 28.7 Å². The Labute approximate surface area is 315 Å². The van der Waals surface area contributed by atoms with Gasteiger partial charge in [0.25, 0.3) is 0 Å². The van der Waals surface area contributed by atoms with Crippen molar-refractivity contribution >= 4 is 49.6 Å². The summed E-state index contributed by atoms with van der Waals surface area (Å²) in [6.45, 7) is 2.16. The Morgan fingerprint density at radius 3 is 1.80 bits per heavy atom. The molecule has 1 atom stereocenters. The highest BCUT2D eigenvalue weighted by molar-refractivity contribution is 6.21. The Hall–Kier alpha value is -7.18. The van der Waals surface area contributed by atoms with Gasteiger partial charge in [-0.15, -0.1) is 0 Å². The molecule has 1 unspecified atom stereocenters. The van der Waals surface area contributed by atoms with Gasteiger partial charge < -0.3 is 29.9 Å². The molecule has 6 nitrogen and oxygen atoms in total. The molecule has 1 aliphatic carbocycles. The number of phenols is 5. The van der Waals surface area contributed by atoms with Gasteiger partial charge in [-0.1, -0.05) is 104 Å². The fraction of sp³-hybridized carbons (Fsp3) is 0.0612. The molecule has 10 rings (SSSR count). The van der Waals surface area contributed by atoms with Crippen molar-refractivity contribution in [2.75, 3.05) is 0 Å². The van der Waals surface area contributed by atoms with Crippen molar-refractivity contribution in [2.45, 2.75) is 13.3 Å². The number of fused-ring (bicyclic) bond motifs is 6. The molecule has 0 radical (unpaired) electrons. The largest absolute Gasteiger partial charge is 0.508 e. The first-order valence-corrected chi connectivity index (χ1v) is 18.3. The van der Waals surface area contributed by atoms with Gasteiger partial charge in [0, 0.05) is 21.9 Å². The third-order valence-corrected chi connectivity index (χ3v) is 11.1. The van der Waals surface area contributed by atoms with E-state index in [1.165, 1.54) is 24.3 Å². The topological polar surface area (TPSA) is 114 Å². The molecule has 0 saturated heterocycles. The number of aromatic hydroxyl groups is 5. The maximum atomic E-state index is 12.6. The molecular weight excluding hydrogens is 685 g/mol. The summed E-state index contributed by atoms with van der Waals surface area (Å²) >= 11 is 0. The van der Waals surface area contributed by atoms with Gasteiger partial charge in [0.1, 0.15) is 28.4 Å². The first-order valence-electron chi connectivity index (χ1n) is 18.3. The van der Waals surface area contributed by atoms with Crippen molar-refractivity contribution in [3.05, 3.63) is 145 Å². The minimum Gasteiger partial charge on any atom is -0.508 e. The van der Waals surface area contributed by atoms with Crippen LogP contribution in [0.4, 0.5) is 0 Å². The van der Waals surface area contributed by atoms with Gasteiger partial charge in [0.05, 0.1) is 5.56 Å². The molecule has 9 aromatic rings. The molecule has 0 saturated carbocycles. The maximum absolute atomic E-state index is 12.6. The molecule has 1 heterocycles. The number of phenolic OH excluding ortho intramolecular Hbond substituents is 5. The second-order valence-corrected chi connectivity index (χ2v) is 14.5. The monoisotopic (exact) mass is 718 g/mol. The molecule has 0 bridgehead atoms. The molecule has 1 aliphatic rings. The van der Waals surface area contributed by atoms with Gasteiger partial charge in [-0.2, -0.15) is 0 Å². The van der Waals surface area contributed by atoms with E-state index in [2.05, 4.69) is 55.5 Å². The standard InChI is InChI=1S/C49H34O6/c1-26-13-22-35-37(23-26)45(46-41(27-14-18-31(50)19-15-27)48(53)49(54)42(47(46)52)28-16-20-32(51)21-17-28)34-10-5-4-9-33(34)43(35)36-11-6-12-39-44(36)38-24-29-7-2-3-8-30(29)25-40(38)55-39/h2-22,24-26,50-54H,23H2,1H3. The molecule has 5 N–H and O–H groups in total. The second kappa shape index (κ2) is 12.2. The molecule has 1 aromatic heterocycles. The number of benzene rings is 8. The predicted octanol–water partition coefficient (Wildman–Crippen LogP) is 12.3. The Balaban J connectivity index is 1.36. The highest BCUT2D eigenvalue weighted by Crippen LogP contribution is 2.58. The molecule has 6 heteroatoms. The van der Waals surface area contributed by atoms with Crippen LogP contribution < -0.4 is 0 Å². The summed E-state index contributed by atoms with van der Waals surface area (Å²) in [5.41, 5.74) is 7.88. The number of rotatable bonds is 4. The van der Waals surface area contributed by atoms with Crippen LogP contribution in [0.3, 0.4) is 0 Å². The van der Waals surface area contributed by atoms with Crippen molar-refractivity contribution < 1.29 is 29.9 Å². The van der Waals surface area contributed by atoms with Crippen molar-refractivity contribution in [3.63, 3.8) is 0 Å². The zero-order valence-corrected chi connectivity index (χ0v) is 29.7. The first kappa shape index (κ1) is 32.5. The van der Waals surface area contributed by atoms with E-state index in [4.69, 9.17) is 4.42 Å². The lowest BCUT2D eigenvalue weighted by molar-refractivity contribution is 0.401. The third-order valence-electron chi connectivity index (χ3n) is 11.1. The van der Waals surface area contributed by atoms with E-state index in [0.29, 0.717) is 23.1 Å². The number of hydrogen-bond donors (Lipinski definition) is 5. The van der Waals surface area contributed by atoms with E-state index in [1.54, 1.807) is 24.3 Å². The summed E-state index contributed by atoms with van der Waals surface area (Å²) in [4.78, 5) is 0. The van der Waals surface area contributed by atoms with Gasteiger partial charge >= 0.3 is 0 Å². The smallest absolute Gasteiger partial charge is 0.169 e. The molecule has 55 heavy (non-hydrogen) atoms. The Morgan fingerprint density at radius 2 is 1.11 bits per heavy atom. The van der Waals surface area contributed by atoms with Crippen LogP contribution in [-0.2, 0) is 6.42 Å². The summed E-state index contributed by atoms with van der Waals surface area (Å²) in [5, 5.41) is 62.6. The molecule has 0 spiro atoms. The Kier molecular flexibility index (Phi) is 7.19. The fourth-order valence-electron chi connectivity index (χ4n) is 8.62. The maximum Gasteiger partial charge on any atom is 0.169 e. The second-order valence-electron chi connectivity index (χ2n) is 14.5. The van der Waals surface area contributed by atoms with E-state index < -0.39 is 11.5 Å². The van der Waals surface area contributed by atoms with Crippen LogP contribution in [0.25, 0.3) is 94.1 Å². The third kappa shape index (κ3) is 4.95. The highest BCUT2D eigenvalue weighted by atomic mass is 16.3. The van der Waals surface area contributed by atoms with Gasteiger partial charge in [-0.25, -0.2) is 0 Å². The van der Waals surface area contributed by atoms with E-state index in [-0.39, 0.29) is 34.3 Å². The van der Waals surface area contributed by atoms with Crippen LogP contribution in [0.15, 0.2) is 138 Å². The Bertz CT molecular complexity index is 3060. The Morgan fingerprint density at radius 1 is 0.509 bits per heavy atom. The molecule has 8 aromatic carbocycles. The van der Waals surface area contributed by atoms with Gasteiger partial charge in [0.15, 0.2) is 11.5 Å². The van der Waals surface area contributed by atoms with E-state index in [0.717, 1.165) is 71.3 Å². The lowest BCUT2D eigenvalue weighted by atomic mass is 9.75. The van der Waals surface area contributed by atoms with Gasteiger partial charge in [-0.05, 0) is 115 Å². The van der Waals surface area contributed by atoms with Gasteiger partial charge in [0.2, 0.25) is 0 Å². The zero-order chi connectivity index (χ0) is 37.5.